The highest BCUT2D eigenvalue weighted by molar-refractivity contribution is 5.64. The van der Waals surface area contributed by atoms with Crippen LogP contribution < -0.4 is 9.47 Å². The molecule has 0 amide bonds. The number of benzene rings is 3. The Morgan fingerprint density at radius 3 is 2.49 bits per heavy atom. The van der Waals surface area contributed by atoms with Crippen LogP contribution >= 0.6 is 0 Å². The number of ether oxygens (including phenoxy) is 3. The summed E-state index contributed by atoms with van der Waals surface area (Å²) < 4.78 is 20.9. The minimum Gasteiger partial charge on any atom is -0.485 e. The highest BCUT2D eigenvalue weighted by Crippen LogP contribution is 2.67. The molecule has 3 aliphatic carbocycles. The molecular weight excluding hydrogens is 506 g/mol. The smallest absolute Gasteiger partial charge is 0.166 e. The molecule has 3 fully saturated rings. The number of hydrogen-bond donors (Lipinski definition) is 0. The predicted molar refractivity (Wildman–Crippen MR) is 162 cm³/mol. The molecule has 1 saturated heterocycles. The molecular formula is C37H41NO3. The van der Waals surface area contributed by atoms with Crippen molar-refractivity contribution in [2.75, 3.05) is 19.7 Å². The second-order valence-electron chi connectivity index (χ2n) is 13.1. The molecule has 2 heterocycles. The number of piperidine rings is 1. The van der Waals surface area contributed by atoms with E-state index in [1.807, 2.05) is 6.07 Å². The molecule has 5 aliphatic rings. The van der Waals surface area contributed by atoms with E-state index in [4.69, 9.17) is 14.2 Å². The molecule has 1 spiro atoms. The van der Waals surface area contributed by atoms with E-state index in [9.17, 15) is 0 Å². The summed E-state index contributed by atoms with van der Waals surface area (Å²) in [5.41, 5.74) is 6.12. The van der Waals surface area contributed by atoms with Crippen LogP contribution in [0.5, 0.6) is 11.5 Å². The molecule has 2 aliphatic heterocycles. The van der Waals surface area contributed by atoms with Gasteiger partial charge in [-0.1, -0.05) is 73.3 Å². The van der Waals surface area contributed by atoms with E-state index in [1.165, 1.54) is 47.2 Å². The van der Waals surface area contributed by atoms with Crippen LogP contribution in [0.15, 0.2) is 84.9 Å². The Balaban J connectivity index is 1.17. The third-order valence-electron chi connectivity index (χ3n) is 10.7. The Bertz CT molecular complexity index is 1430. The van der Waals surface area contributed by atoms with Crippen molar-refractivity contribution >= 4 is 0 Å². The van der Waals surface area contributed by atoms with Crippen LogP contribution in [0.4, 0.5) is 0 Å². The summed E-state index contributed by atoms with van der Waals surface area (Å²) in [5.74, 6) is 2.68. The molecule has 3 aromatic carbocycles. The zero-order valence-electron chi connectivity index (χ0n) is 24.0. The Labute approximate surface area is 244 Å². The number of nitrogens with zero attached hydrogens (tertiary/aromatic N) is 1. The second-order valence-corrected chi connectivity index (χ2v) is 13.1. The molecule has 4 nitrogen and oxygen atoms in total. The van der Waals surface area contributed by atoms with Crippen molar-refractivity contribution in [1.82, 2.24) is 4.90 Å². The van der Waals surface area contributed by atoms with Crippen LogP contribution in [0, 0.1) is 5.92 Å². The molecule has 4 atom stereocenters. The highest BCUT2D eigenvalue weighted by atomic mass is 16.5. The Morgan fingerprint density at radius 2 is 1.71 bits per heavy atom. The lowest BCUT2D eigenvalue weighted by atomic mass is 9.48. The summed E-state index contributed by atoms with van der Waals surface area (Å²) in [6, 6.07) is 26.1. The fraction of sp³-hybridized carbons (Fsp3) is 0.459. The Hall–Kier alpha value is -3.08. The number of hydrogen-bond acceptors (Lipinski definition) is 4. The van der Waals surface area contributed by atoms with E-state index in [1.54, 1.807) is 0 Å². The lowest BCUT2D eigenvalue weighted by Gasteiger charge is -2.65. The topological polar surface area (TPSA) is 30.9 Å². The van der Waals surface area contributed by atoms with E-state index in [0.717, 1.165) is 69.1 Å². The van der Waals surface area contributed by atoms with Crippen LogP contribution in [-0.2, 0) is 29.6 Å². The monoisotopic (exact) mass is 547 g/mol. The maximum atomic E-state index is 7.36. The quantitative estimate of drug-likeness (QED) is 0.201. The van der Waals surface area contributed by atoms with E-state index in [-0.39, 0.29) is 17.1 Å². The summed E-state index contributed by atoms with van der Waals surface area (Å²) in [5, 5.41) is 0. The first-order valence-electron chi connectivity index (χ1n) is 15.8. The van der Waals surface area contributed by atoms with Crippen LogP contribution in [0.1, 0.15) is 60.8 Å². The first kappa shape index (κ1) is 25.6. The molecule has 41 heavy (non-hydrogen) atoms. The van der Waals surface area contributed by atoms with Crippen molar-refractivity contribution in [3.05, 3.63) is 107 Å². The zero-order valence-corrected chi connectivity index (χ0v) is 24.0. The van der Waals surface area contributed by atoms with Gasteiger partial charge in [-0.2, -0.15) is 0 Å². The molecule has 0 aromatic heterocycles. The van der Waals surface area contributed by atoms with Gasteiger partial charge in [-0.05, 0) is 92.2 Å². The van der Waals surface area contributed by atoms with E-state index < -0.39 is 0 Å². The molecule has 2 saturated carbocycles. The molecule has 2 bridgehead atoms. The maximum Gasteiger partial charge on any atom is 0.166 e. The summed E-state index contributed by atoms with van der Waals surface area (Å²) in [4.78, 5) is 2.81. The molecule has 8 rings (SSSR count). The van der Waals surface area contributed by atoms with Crippen LogP contribution in [0.3, 0.4) is 0 Å². The van der Waals surface area contributed by atoms with Gasteiger partial charge in [0.1, 0.15) is 12.7 Å². The second kappa shape index (κ2) is 10.0. The van der Waals surface area contributed by atoms with Gasteiger partial charge in [-0.15, -0.1) is 0 Å². The van der Waals surface area contributed by atoms with Gasteiger partial charge in [0.05, 0.1) is 11.0 Å². The van der Waals surface area contributed by atoms with Gasteiger partial charge < -0.3 is 14.2 Å². The SMILES string of the molecule is C=C1CC[C@@]2(OCCCc3ccccc3)[C@H]3Cc4ccc(OCc5ccccc5)c5c4C2(CCN3CC2CC2)[C@H]1O5. The molecule has 3 aromatic rings. The van der Waals surface area contributed by atoms with Gasteiger partial charge in [0.2, 0.25) is 0 Å². The lowest BCUT2D eigenvalue weighted by molar-refractivity contribution is -0.207. The van der Waals surface area contributed by atoms with Gasteiger partial charge in [0.25, 0.3) is 0 Å². The minimum atomic E-state index is -0.265. The Morgan fingerprint density at radius 1 is 0.927 bits per heavy atom. The van der Waals surface area contributed by atoms with Crippen molar-refractivity contribution in [2.45, 2.75) is 81.1 Å². The van der Waals surface area contributed by atoms with Gasteiger partial charge in [-0.25, -0.2) is 0 Å². The van der Waals surface area contributed by atoms with Crippen LogP contribution in [-0.4, -0.2) is 42.3 Å². The number of likely N-dealkylation sites (tertiary alicyclic amines) is 1. The fourth-order valence-corrected chi connectivity index (χ4v) is 8.67. The molecule has 0 radical (unpaired) electrons. The van der Waals surface area contributed by atoms with Crippen LogP contribution in [0.25, 0.3) is 0 Å². The van der Waals surface area contributed by atoms with Crippen molar-refractivity contribution in [3.8, 4) is 11.5 Å². The number of aryl methyl sites for hydroxylation is 1. The standard InChI is InChI=1S/C37H41NO3/c1-26-18-19-37(40-22-8-13-27-9-4-2-5-10-27)32-23-30-16-17-31(39-25-29-11-6-3-7-12-29)34-33(30)36(37,35(26)41-34)20-21-38(32)24-28-14-15-28/h2-7,9-12,16-17,28,32,35H,1,8,13-15,18-25H2/t32-,35+,36?,37-/m1/s1. The van der Waals surface area contributed by atoms with Gasteiger partial charge in [0.15, 0.2) is 11.5 Å². The Kier molecular flexibility index (Phi) is 6.27. The van der Waals surface area contributed by atoms with E-state index in [0.29, 0.717) is 12.6 Å². The third-order valence-corrected chi connectivity index (χ3v) is 10.7. The van der Waals surface area contributed by atoms with Crippen molar-refractivity contribution < 1.29 is 14.2 Å². The average molecular weight is 548 g/mol. The van der Waals surface area contributed by atoms with E-state index >= 15 is 0 Å². The summed E-state index contributed by atoms with van der Waals surface area (Å²) in [7, 11) is 0. The highest BCUT2D eigenvalue weighted by Gasteiger charge is 2.73. The molecule has 4 heteroatoms. The van der Waals surface area contributed by atoms with Crippen LogP contribution in [0.2, 0.25) is 0 Å². The fourth-order valence-electron chi connectivity index (χ4n) is 8.67. The average Bonchev–Trinajstić information content (AvgIpc) is 3.75. The predicted octanol–water partition coefficient (Wildman–Crippen LogP) is 7.04. The van der Waals surface area contributed by atoms with Crippen molar-refractivity contribution in [2.24, 2.45) is 5.92 Å². The van der Waals surface area contributed by atoms with Crippen molar-refractivity contribution in [1.29, 1.82) is 0 Å². The third kappa shape index (κ3) is 4.09. The minimum absolute atomic E-state index is 0.0496. The summed E-state index contributed by atoms with van der Waals surface area (Å²) in [6.45, 7) is 8.23. The number of rotatable bonds is 10. The molecule has 212 valence electrons. The van der Waals surface area contributed by atoms with E-state index in [2.05, 4.69) is 78.2 Å². The van der Waals surface area contributed by atoms with Gasteiger partial charge in [0, 0.05) is 24.8 Å². The largest absolute Gasteiger partial charge is 0.485 e. The summed E-state index contributed by atoms with van der Waals surface area (Å²) >= 11 is 0. The molecule has 0 N–H and O–H groups in total. The van der Waals surface area contributed by atoms with Gasteiger partial charge >= 0.3 is 0 Å². The molecule has 1 unspecified atom stereocenters. The summed E-state index contributed by atoms with van der Waals surface area (Å²) in [6.07, 6.45) is 8.86. The first-order valence-corrected chi connectivity index (χ1v) is 15.8. The zero-order chi connectivity index (χ0) is 27.4. The lowest BCUT2D eigenvalue weighted by Crippen LogP contribution is -2.76. The van der Waals surface area contributed by atoms with Crippen molar-refractivity contribution in [3.63, 3.8) is 0 Å². The first-order chi connectivity index (χ1) is 20.2. The normalized spacial score (nSPS) is 29.6. The van der Waals surface area contributed by atoms with Gasteiger partial charge in [-0.3, -0.25) is 4.90 Å². The maximum absolute atomic E-state index is 7.36.